The second-order valence-electron chi connectivity index (χ2n) is 4.58. The normalized spacial score (nSPS) is 25.4. The van der Waals surface area contributed by atoms with Crippen molar-refractivity contribution in [1.29, 1.82) is 0 Å². The van der Waals surface area contributed by atoms with Crippen molar-refractivity contribution in [3.8, 4) is 0 Å². The van der Waals surface area contributed by atoms with E-state index in [1.807, 2.05) is 30.3 Å². The molecule has 1 aromatic rings. The van der Waals surface area contributed by atoms with E-state index in [9.17, 15) is 8.63 Å². The fourth-order valence-electron chi connectivity index (χ4n) is 2.39. The molecule has 1 aliphatic rings. The third-order valence-corrected chi connectivity index (χ3v) is 7.04. The predicted octanol–water partition coefficient (Wildman–Crippen LogP) is 2.19. The van der Waals surface area contributed by atoms with Gasteiger partial charge in [-0.1, -0.05) is 0 Å². The molecule has 0 aromatic heterocycles. The van der Waals surface area contributed by atoms with E-state index in [1.54, 1.807) is 0 Å². The molecule has 0 heterocycles. The van der Waals surface area contributed by atoms with E-state index in [2.05, 4.69) is 0 Å². The summed E-state index contributed by atoms with van der Waals surface area (Å²) in [6, 6.07) is 9.57. The number of carbonyl (C=O) groups is 1. The van der Waals surface area contributed by atoms with Gasteiger partial charge in [0.15, 0.2) is 0 Å². The topological polar surface area (TPSA) is 43.4 Å². The van der Waals surface area contributed by atoms with Gasteiger partial charge in [0.1, 0.15) is 0 Å². The van der Waals surface area contributed by atoms with E-state index in [-0.39, 0.29) is 16.9 Å². The van der Waals surface area contributed by atoms with Crippen LogP contribution in [0.1, 0.15) is 32.6 Å². The van der Waals surface area contributed by atoms with E-state index < -0.39 is 13.8 Å². The molecule has 2 rings (SSSR count). The van der Waals surface area contributed by atoms with Crippen LogP contribution >= 0.6 is 0 Å². The predicted molar refractivity (Wildman–Crippen MR) is 70.3 cm³/mol. The Labute approximate surface area is 112 Å². The molecule has 1 unspecified atom stereocenters. The molecule has 0 amide bonds. The van der Waals surface area contributed by atoms with E-state index in [1.165, 1.54) is 6.92 Å². The van der Waals surface area contributed by atoms with Gasteiger partial charge in [0.05, 0.1) is 0 Å². The van der Waals surface area contributed by atoms with Crippen molar-refractivity contribution < 1.29 is 13.4 Å². The third-order valence-electron chi connectivity index (χ3n) is 3.21. The molecular formula is C14H18O3Se. The molecule has 4 heteroatoms. The Morgan fingerprint density at radius 2 is 1.89 bits per heavy atom. The molecular weight excluding hydrogens is 295 g/mol. The molecule has 3 atom stereocenters. The van der Waals surface area contributed by atoms with Gasteiger partial charge in [-0.3, -0.25) is 0 Å². The molecule has 0 spiro atoms. The van der Waals surface area contributed by atoms with Crippen molar-refractivity contribution in [3.05, 3.63) is 30.3 Å². The number of benzene rings is 1. The number of rotatable bonds is 3. The first-order valence-corrected chi connectivity index (χ1v) is 8.86. The monoisotopic (exact) mass is 314 g/mol. The van der Waals surface area contributed by atoms with Crippen molar-refractivity contribution in [2.45, 2.75) is 43.5 Å². The Balaban J connectivity index is 2.13. The summed E-state index contributed by atoms with van der Waals surface area (Å²) in [4.78, 5) is 11.1. The SMILES string of the molecule is CC(=O)O[C@@H]1CCCC[C@H]1[Se](=O)c1ccccc1. The van der Waals surface area contributed by atoms with E-state index in [4.69, 9.17) is 4.74 Å². The summed E-state index contributed by atoms with van der Waals surface area (Å²) < 4.78 is 18.9. The molecule has 1 saturated carbocycles. The summed E-state index contributed by atoms with van der Waals surface area (Å²) in [6.45, 7) is 1.42. The van der Waals surface area contributed by atoms with Crippen molar-refractivity contribution in [1.82, 2.24) is 0 Å². The summed E-state index contributed by atoms with van der Waals surface area (Å²) in [5, 5.41) is 0. The second kappa shape index (κ2) is 6.26. The van der Waals surface area contributed by atoms with Gasteiger partial charge < -0.3 is 0 Å². The first-order chi connectivity index (χ1) is 8.68. The second-order valence-corrected chi connectivity index (χ2v) is 8.09. The molecule has 0 radical (unpaired) electrons. The Kier molecular flexibility index (Phi) is 4.67. The fraction of sp³-hybridized carbons (Fsp3) is 0.500. The van der Waals surface area contributed by atoms with Crippen LogP contribution < -0.4 is 4.46 Å². The van der Waals surface area contributed by atoms with E-state index >= 15 is 0 Å². The number of ether oxygens (including phenoxy) is 1. The number of hydrogen-bond acceptors (Lipinski definition) is 3. The van der Waals surface area contributed by atoms with Gasteiger partial charge in [-0.05, 0) is 0 Å². The Morgan fingerprint density at radius 3 is 2.56 bits per heavy atom. The molecule has 18 heavy (non-hydrogen) atoms. The van der Waals surface area contributed by atoms with Gasteiger partial charge in [0.25, 0.3) is 0 Å². The van der Waals surface area contributed by atoms with Crippen LogP contribution in [-0.2, 0) is 13.4 Å². The summed E-state index contributed by atoms with van der Waals surface area (Å²) in [5.41, 5.74) is 0. The molecule has 0 saturated heterocycles. The Bertz CT molecular complexity index is 430. The first-order valence-electron chi connectivity index (χ1n) is 6.31. The van der Waals surface area contributed by atoms with Crippen LogP contribution in [0.2, 0.25) is 4.82 Å². The zero-order valence-electron chi connectivity index (χ0n) is 10.5. The molecule has 1 fully saturated rings. The zero-order chi connectivity index (χ0) is 13.0. The Morgan fingerprint density at radius 1 is 1.22 bits per heavy atom. The number of esters is 1. The van der Waals surface area contributed by atoms with Crippen LogP contribution in [0.5, 0.6) is 0 Å². The standard InChI is InChI=1S/C14H18O3Se/c1-11(15)17-13-9-5-6-10-14(13)18(16)12-7-3-2-4-8-12/h2-4,7-8,13-14H,5-6,9-10H2,1H3/t13-,14-,18?/m1/s1. The van der Waals surface area contributed by atoms with Crippen LogP contribution in [0.3, 0.4) is 0 Å². The van der Waals surface area contributed by atoms with Crippen molar-refractivity contribution >= 4 is 24.3 Å². The maximum absolute atomic E-state index is 12.6. The van der Waals surface area contributed by atoms with Crippen LogP contribution in [0.15, 0.2) is 30.3 Å². The van der Waals surface area contributed by atoms with Crippen LogP contribution in [0.25, 0.3) is 0 Å². The number of hydrogen-bond donors (Lipinski definition) is 0. The summed E-state index contributed by atoms with van der Waals surface area (Å²) in [7, 11) is 0. The van der Waals surface area contributed by atoms with Gasteiger partial charge in [0.2, 0.25) is 0 Å². The zero-order valence-corrected chi connectivity index (χ0v) is 12.2. The van der Waals surface area contributed by atoms with Gasteiger partial charge in [-0.15, -0.1) is 0 Å². The minimum atomic E-state index is -2.14. The fourth-order valence-corrected chi connectivity index (χ4v) is 5.79. The summed E-state index contributed by atoms with van der Waals surface area (Å²) >= 11 is -2.14. The first kappa shape index (κ1) is 13.4. The Hall–Kier alpha value is -0.991. The number of carbonyl (C=O) groups excluding carboxylic acids is 1. The van der Waals surface area contributed by atoms with Crippen molar-refractivity contribution in [3.63, 3.8) is 0 Å². The van der Waals surface area contributed by atoms with Crippen LogP contribution in [0, 0.1) is 0 Å². The molecule has 1 aromatic carbocycles. The van der Waals surface area contributed by atoms with Gasteiger partial charge in [-0.25, -0.2) is 0 Å². The quantitative estimate of drug-likeness (QED) is 0.635. The molecule has 1 aliphatic carbocycles. The third kappa shape index (κ3) is 3.27. The van der Waals surface area contributed by atoms with E-state index in [0.717, 1.165) is 30.1 Å². The molecule has 98 valence electrons. The average Bonchev–Trinajstić information content (AvgIpc) is 2.39. The molecule has 0 aliphatic heterocycles. The van der Waals surface area contributed by atoms with Crippen LogP contribution in [0.4, 0.5) is 0 Å². The van der Waals surface area contributed by atoms with E-state index in [0.29, 0.717) is 0 Å². The summed E-state index contributed by atoms with van der Waals surface area (Å²) in [5.74, 6) is -0.265. The maximum atomic E-state index is 12.6. The average molecular weight is 313 g/mol. The molecule has 3 nitrogen and oxygen atoms in total. The van der Waals surface area contributed by atoms with Crippen molar-refractivity contribution in [2.24, 2.45) is 0 Å². The van der Waals surface area contributed by atoms with Gasteiger partial charge >= 0.3 is 111 Å². The van der Waals surface area contributed by atoms with Gasteiger partial charge in [-0.2, -0.15) is 0 Å². The van der Waals surface area contributed by atoms with Gasteiger partial charge in [0, 0.05) is 0 Å². The van der Waals surface area contributed by atoms with Crippen LogP contribution in [-0.4, -0.2) is 25.9 Å². The molecule has 0 bridgehead atoms. The molecule has 0 N–H and O–H groups in total. The summed E-state index contributed by atoms with van der Waals surface area (Å²) in [6.07, 6.45) is 3.74. The minimum absolute atomic E-state index is 0.0325. The van der Waals surface area contributed by atoms with Crippen molar-refractivity contribution in [2.75, 3.05) is 0 Å².